The minimum atomic E-state index is -0.952. The highest BCUT2D eigenvalue weighted by Crippen LogP contribution is 2.24. The number of carbonyl (C=O) groups is 3. The summed E-state index contributed by atoms with van der Waals surface area (Å²) in [5.74, 6) is -1.03. The Morgan fingerprint density at radius 1 is 1.23 bits per heavy atom. The quantitative estimate of drug-likeness (QED) is 0.466. The van der Waals surface area contributed by atoms with Crippen molar-refractivity contribution in [1.29, 1.82) is 0 Å². The van der Waals surface area contributed by atoms with E-state index in [1.807, 2.05) is 13.8 Å². The van der Waals surface area contributed by atoms with Gasteiger partial charge in [0.05, 0.1) is 5.76 Å². The fourth-order valence-corrected chi connectivity index (χ4v) is 3.03. The van der Waals surface area contributed by atoms with Crippen LogP contribution in [0, 0.1) is 5.92 Å². The maximum atomic E-state index is 12.8. The van der Waals surface area contributed by atoms with Gasteiger partial charge in [0, 0.05) is 13.0 Å². The van der Waals surface area contributed by atoms with Crippen molar-refractivity contribution in [2.75, 3.05) is 6.54 Å². The van der Waals surface area contributed by atoms with Crippen LogP contribution in [0.1, 0.15) is 65.7 Å². The van der Waals surface area contributed by atoms with E-state index in [1.165, 1.54) is 4.90 Å². The normalized spacial score (nSPS) is 15.5. The van der Waals surface area contributed by atoms with Gasteiger partial charge in [-0.3, -0.25) is 9.69 Å². The molecule has 1 atom stereocenters. The van der Waals surface area contributed by atoms with Gasteiger partial charge in [0.25, 0.3) is 0 Å². The molecule has 0 aliphatic heterocycles. The largest absolute Gasteiger partial charge is 0.481 e. The number of carboxylic acids is 1. The summed E-state index contributed by atoms with van der Waals surface area (Å²) in [5.41, 5.74) is 0. The molecular formula is C19H31NO6. The van der Waals surface area contributed by atoms with Crippen LogP contribution in [0.5, 0.6) is 0 Å². The van der Waals surface area contributed by atoms with Crippen molar-refractivity contribution in [2.45, 2.75) is 77.9 Å². The first-order valence-corrected chi connectivity index (χ1v) is 9.27. The summed E-state index contributed by atoms with van der Waals surface area (Å²) in [5, 5.41) is 8.85. The molecule has 0 aromatic carbocycles. The Balaban J connectivity index is 2.92. The summed E-state index contributed by atoms with van der Waals surface area (Å²) >= 11 is 0. The highest BCUT2D eigenvalue weighted by molar-refractivity contribution is 5.82. The van der Waals surface area contributed by atoms with E-state index in [0.717, 1.165) is 25.7 Å². The molecule has 0 heterocycles. The van der Waals surface area contributed by atoms with Gasteiger partial charge in [-0.1, -0.05) is 20.4 Å². The van der Waals surface area contributed by atoms with Crippen molar-refractivity contribution in [1.82, 2.24) is 4.90 Å². The van der Waals surface area contributed by atoms with Crippen molar-refractivity contribution < 1.29 is 29.0 Å². The van der Waals surface area contributed by atoms with Gasteiger partial charge >= 0.3 is 18.0 Å². The molecule has 1 amide bonds. The van der Waals surface area contributed by atoms with Gasteiger partial charge < -0.3 is 14.6 Å². The molecule has 0 saturated heterocycles. The Kier molecular flexibility index (Phi) is 9.16. The first-order chi connectivity index (χ1) is 12.2. The highest BCUT2D eigenvalue weighted by atomic mass is 16.6. The smallest absolute Gasteiger partial charge is 0.415 e. The Labute approximate surface area is 155 Å². The van der Waals surface area contributed by atoms with Crippen LogP contribution in [-0.2, 0) is 19.1 Å². The molecule has 0 aromatic heterocycles. The van der Waals surface area contributed by atoms with Crippen LogP contribution in [0.4, 0.5) is 4.79 Å². The zero-order chi connectivity index (χ0) is 19.7. The first kappa shape index (κ1) is 22.0. The second-order valence-corrected chi connectivity index (χ2v) is 7.25. The third-order valence-electron chi connectivity index (χ3n) is 4.21. The lowest BCUT2D eigenvalue weighted by Gasteiger charge is -2.31. The Bertz CT molecular complexity index is 510. The number of amides is 1. The number of nitrogens with zero attached hydrogens (tertiary/aromatic N) is 1. The maximum Gasteiger partial charge on any atom is 0.415 e. The summed E-state index contributed by atoms with van der Waals surface area (Å²) in [6.07, 6.45) is 3.51. The number of ether oxygens (including phenoxy) is 2. The van der Waals surface area contributed by atoms with E-state index < -0.39 is 24.1 Å². The Morgan fingerprint density at radius 3 is 2.35 bits per heavy atom. The lowest BCUT2D eigenvalue weighted by atomic mass is 10.0. The van der Waals surface area contributed by atoms with Crippen molar-refractivity contribution in [3.05, 3.63) is 12.3 Å². The number of carbonyl (C=O) groups excluding carboxylic acids is 2. The summed E-state index contributed by atoms with van der Waals surface area (Å²) < 4.78 is 10.7. The average Bonchev–Trinajstić information content (AvgIpc) is 3.01. The molecule has 0 unspecified atom stereocenters. The van der Waals surface area contributed by atoms with Crippen LogP contribution in [-0.4, -0.2) is 46.7 Å². The molecule has 1 N–H and O–H groups in total. The highest BCUT2D eigenvalue weighted by Gasteiger charge is 2.34. The zero-order valence-corrected chi connectivity index (χ0v) is 16.0. The van der Waals surface area contributed by atoms with E-state index in [1.54, 1.807) is 6.92 Å². The van der Waals surface area contributed by atoms with E-state index in [-0.39, 0.29) is 37.2 Å². The predicted molar refractivity (Wildman–Crippen MR) is 96.5 cm³/mol. The van der Waals surface area contributed by atoms with Crippen LogP contribution in [0.2, 0.25) is 0 Å². The first-order valence-electron chi connectivity index (χ1n) is 9.27. The van der Waals surface area contributed by atoms with E-state index in [2.05, 4.69) is 6.58 Å². The molecule has 1 saturated carbocycles. The van der Waals surface area contributed by atoms with E-state index in [9.17, 15) is 14.4 Å². The van der Waals surface area contributed by atoms with Crippen LogP contribution < -0.4 is 0 Å². The monoisotopic (exact) mass is 369 g/mol. The van der Waals surface area contributed by atoms with Gasteiger partial charge in [-0.15, -0.1) is 0 Å². The SMILES string of the molecule is C=C(C)OC(=O)N(CCCC(=O)O)[C@@H](CC(C)C)C(=O)OC1CCCC1. The number of allylic oxidation sites excluding steroid dienone is 1. The molecule has 0 radical (unpaired) electrons. The third-order valence-corrected chi connectivity index (χ3v) is 4.21. The summed E-state index contributed by atoms with van der Waals surface area (Å²) in [7, 11) is 0. The lowest BCUT2D eigenvalue weighted by Crippen LogP contribution is -2.48. The number of hydrogen-bond donors (Lipinski definition) is 1. The molecule has 1 aliphatic rings. The molecule has 7 nitrogen and oxygen atoms in total. The summed E-state index contributed by atoms with van der Waals surface area (Å²) in [4.78, 5) is 37.3. The maximum absolute atomic E-state index is 12.8. The van der Waals surface area contributed by atoms with Crippen LogP contribution in [0.15, 0.2) is 12.3 Å². The fraction of sp³-hybridized carbons (Fsp3) is 0.737. The molecule has 0 aromatic rings. The van der Waals surface area contributed by atoms with E-state index in [4.69, 9.17) is 14.6 Å². The van der Waals surface area contributed by atoms with Crippen molar-refractivity contribution in [3.8, 4) is 0 Å². The van der Waals surface area contributed by atoms with Crippen LogP contribution in [0.3, 0.4) is 0 Å². The molecule has 26 heavy (non-hydrogen) atoms. The van der Waals surface area contributed by atoms with Gasteiger partial charge in [-0.05, 0) is 51.4 Å². The number of carboxylic acid groups (broad SMARTS) is 1. The molecule has 1 fully saturated rings. The van der Waals surface area contributed by atoms with Gasteiger partial charge in [0.1, 0.15) is 12.1 Å². The second-order valence-electron chi connectivity index (χ2n) is 7.25. The van der Waals surface area contributed by atoms with Gasteiger partial charge in [0.15, 0.2) is 0 Å². The number of esters is 1. The van der Waals surface area contributed by atoms with Crippen molar-refractivity contribution in [2.24, 2.45) is 5.92 Å². The van der Waals surface area contributed by atoms with Crippen molar-refractivity contribution >= 4 is 18.0 Å². The van der Waals surface area contributed by atoms with Gasteiger partial charge in [-0.25, -0.2) is 9.59 Å². The minimum Gasteiger partial charge on any atom is -0.481 e. The van der Waals surface area contributed by atoms with Crippen molar-refractivity contribution in [3.63, 3.8) is 0 Å². The number of hydrogen-bond acceptors (Lipinski definition) is 5. The van der Waals surface area contributed by atoms with Gasteiger partial charge in [0.2, 0.25) is 0 Å². The Hall–Kier alpha value is -2.05. The van der Waals surface area contributed by atoms with Crippen LogP contribution >= 0.6 is 0 Å². The average molecular weight is 369 g/mol. The third kappa shape index (κ3) is 7.89. The Morgan fingerprint density at radius 2 is 1.85 bits per heavy atom. The minimum absolute atomic E-state index is 0.0943. The standard InChI is InChI=1S/C19H31NO6/c1-13(2)12-16(18(23)26-15-8-5-6-9-15)20(11-7-10-17(21)22)19(24)25-14(3)4/h13,15-16H,3,5-12H2,1-2,4H3,(H,21,22)/t16-/m0/s1. The van der Waals surface area contributed by atoms with Gasteiger partial charge in [-0.2, -0.15) is 0 Å². The molecule has 1 rings (SSSR count). The lowest BCUT2D eigenvalue weighted by molar-refractivity contribution is -0.155. The van der Waals surface area contributed by atoms with E-state index in [0.29, 0.717) is 6.42 Å². The molecule has 0 spiro atoms. The molecule has 7 heteroatoms. The summed E-state index contributed by atoms with van der Waals surface area (Å²) in [6, 6.07) is -0.795. The summed E-state index contributed by atoms with van der Waals surface area (Å²) in [6.45, 7) is 9.11. The fourth-order valence-electron chi connectivity index (χ4n) is 3.03. The molecule has 1 aliphatic carbocycles. The number of aliphatic carboxylic acids is 1. The van der Waals surface area contributed by atoms with Crippen LogP contribution in [0.25, 0.3) is 0 Å². The number of rotatable bonds is 10. The topological polar surface area (TPSA) is 93.1 Å². The molecule has 148 valence electrons. The zero-order valence-electron chi connectivity index (χ0n) is 16.0. The molecule has 0 bridgehead atoms. The second kappa shape index (κ2) is 10.8. The predicted octanol–water partition coefficient (Wildman–Crippen LogP) is 3.72. The van der Waals surface area contributed by atoms with E-state index >= 15 is 0 Å². The molecular weight excluding hydrogens is 338 g/mol.